The molecule has 0 aliphatic carbocycles. The number of nitrogen functional groups attached to an aromatic ring is 1. The molecule has 0 fully saturated rings. The number of H-pyrrole nitrogens is 1. The molecule has 2 heterocycles. The molecule has 2 rings (SSSR count). The van der Waals surface area contributed by atoms with Gasteiger partial charge in [0.2, 0.25) is 0 Å². The molecule has 2 aromatic heterocycles. The molecule has 17 heavy (non-hydrogen) atoms. The molecule has 0 bridgehead atoms. The van der Waals surface area contributed by atoms with Crippen LogP contribution in [-0.4, -0.2) is 21.1 Å². The van der Waals surface area contributed by atoms with E-state index in [9.17, 15) is 9.59 Å². The Labute approximate surface area is 95.7 Å². The lowest BCUT2D eigenvalue weighted by Crippen LogP contribution is -2.17. The third-order valence-corrected chi connectivity index (χ3v) is 1.96. The van der Waals surface area contributed by atoms with Crippen molar-refractivity contribution in [3.63, 3.8) is 0 Å². The fourth-order valence-corrected chi connectivity index (χ4v) is 1.15. The van der Waals surface area contributed by atoms with E-state index in [2.05, 4.69) is 20.5 Å². The molecule has 7 heteroatoms. The Morgan fingerprint density at radius 1 is 1.29 bits per heavy atom. The van der Waals surface area contributed by atoms with E-state index in [-0.39, 0.29) is 11.3 Å². The van der Waals surface area contributed by atoms with Gasteiger partial charge in [-0.05, 0) is 18.2 Å². The van der Waals surface area contributed by atoms with Gasteiger partial charge in [-0.2, -0.15) is 5.10 Å². The van der Waals surface area contributed by atoms with Crippen LogP contribution in [0.3, 0.4) is 0 Å². The first-order valence-electron chi connectivity index (χ1n) is 4.74. The molecule has 0 saturated heterocycles. The Morgan fingerprint density at radius 2 is 2.12 bits per heavy atom. The standard InChI is InChI=1S/C10H9N5O2/c11-8-3-1-6(5-12-8)13-10(17)7-2-4-9(16)15-14-7/h1-5H,(H2,11,12)(H,13,17)(H,15,16). The van der Waals surface area contributed by atoms with Crippen LogP contribution >= 0.6 is 0 Å². The van der Waals surface area contributed by atoms with E-state index >= 15 is 0 Å². The number of aromatic amines is 1. The maximum absolute atomic E-state index is 11.7. The molecule has 86 valence electrons. The van der Waals surface area contributed by atoms with E-state index in [1.807, 2.05) is 0 Å². The van der Waals surface area contributed by atoms with Crippen LogP contribution in [0, 0.1) is 0 Å². The first kappa shape index (κ1) is 10.8. The number of nitrogens with two attached hydrogens (primary N) is 1. The van der Waals surface area contributed by atoms with Crippen molar-refractivity contribution in [3.05, 3.63) is 46.5 Å². The maximum atomic E-state index is 11.7. The van der Waals surface area contributed by atoms with Crippen LogP contribution in [0.15, 0.2) is 35.3 Å². The van der Waals surface area contributed by atoms with Gasteiger partial charge in [0.15, 0.2) is 0 Å². The van der Waals surface area contributed by atoms with Crippen molar-refractivity contribution in [1.82, 2.24) is 15.2 Å². The molecule has 7 nitrogen and oxygen atoms in total. The highest BCUT2D eigenvalue weighted by Gasteiger charge is 2.07. The summed E-state index contributed by atoms with van der Waals surface area (Å²) in [5.41, 5.74) is 5.65. The van der Waals surface area contributed by atoms with Gasteiger partial charge in [-0.15, -0.1) is 0 Å². The Hall–Kier alpha value is -2.70. The maximum Gasteiger partial charge on any atom is 0.276 e. The van der Waals surface area contributed by atoms with Gasteiger partial charge in [-0.25, -0.2) is 10.1 Å². The number of rotatable bonds is 2. The molecule has 0 radical (unpaired) electrons. The Balaban J connectivity index is 2.14. The molecule has 0 atom stereocenters. The number of amides is 1. The molecule has 1 amide bonds. The van der Waals surface area contributed by atoms with Gasteiger partial charge < -0.3 is 11.1 Å². The van der Waals surface area contributed by atoms with E-state index < -0.39 is 5.91 Å². The highest BCUT2D eigenvalue weighted by atomic mass is 16.2. The van der Waals surface area contributed by atoms with Crippen LogP contribution in [0.2, 0.25) is 0 Å². The van der Waals surface area contributed by atoms with Crippen LogP contribution in [0.25, 0.3) is 0 Å². The Morgan fingerprint density at radius 3 is 2.71 bits per heavy atom. The number of carbonyl (C=O) groups excluding carboxylic acids is 1. The smallest absolute Gasteiger partial charge is 0.276 e. The van der Waals surface area contributed by atoms with Gasteiger partial charge in [0.1, 0.15) is 11.5 Å². The highest BCUT2D eigenvalue weighted by molar-refractivity contribution is 6.02. The number of nitrogens with one attached hydrogen (secondary N) is 2. The van der Waals surface area contributed by atoms with E-state index in [4.69, 9.17) is 5.73 Å². The largest absolute Gasteiger partial charge is 0.384 e. The Kier molecular flexibility index (Phi) is 2.82. The average Bonchev–Trinajstić information content (AvgIpc) is 2.33. The van der Waals surface area contributed by atoms with E-state index in [1.54, 1.807) is 12.1 Å². The normalized spacial score (nSPS) is 9.88. The third-order valence-electron chi connectivity index (χ3n) is 1.96. The summed E-state index contributed by atoms with van der Waals surface area (Å²) in [6.45, 7) is 0. The summed E-state index contributed by atoms with van der Waals surface area (Å²) in [6, 6.07) is 5.74. The molecule has 0 saturated carbocycles. The van der Waals surface area contributed by atoms with Crippen molar-refractivity contribution in [2.75, 3.05) is 11.1 Å². The van der Waals surface area contributed by atoms with Gasteiger partial charge in [-0.1, -0.05) is 0 Å². The zero-order valence-corrected chi connectivity index (χ0v) is 8.68. The van der Waals surface area contributed by atoms with Gasteiger partial charge in [0.05, 0.1) is 11.9 Å². The first-order valence-corrected chi connectivity index (χ1v) is 4.74. The van der Waals surface area contributed by atoms with Gasteiger partial charge >= 0.3 is 0 Å². The average molecular weight is 231 g/mol. The molecule has 4 N–H and O–H groups in total. The van der Waals surface area contributed by atoms with Crippen LogP contribution in [0.5, 0.6) is 0 Å². The van der Waals surface area contributed by atoms with Gasteiger partial charge in [0.25, 0.3) is 11.5 Å². The SMILES string of the molecule is Nc1ccc(NC(=O)c2ccc(=O)[nH]n2)cn1. The predicted octanol–water partition coefficient (Wildman–Crippen LogP) is -0.000600. The van der Waals surface area contributed by atoms with Crippen LogP contribution in [0.1, 0.15) is 10.5 Å². The van der Waals surface area contributed by atoms with Crippen molar-refractivity contribution in [2.24, 2.45) is 0 Å². The number of anilines is 2. The second-order valence-corrected chi connectivity index (χ2v) is 3.23. The van der Waals surface area contributed by atoms with Crippen molar-refractivity contribution in [2.45, 2.75) is 0 Å². The van der Waals surface area contributed by atoms with Crippen molar-refractivity contribution >= 4 is 17.4 Å². The molecule has 0 aliphatic rings. The highest BCUT2D eigenvalue weighted by Crippen LogP contribution is 2.07. The number of aromatic nitrogens is 3. The van der Waals surface area contributed by atoms with E-state index in [1.165, 1.54) is 18.3 Å². The zero-order chi connectivity index (χ0) is 12.3. The van der Waals surface area contributed by atoms with Crippen molar-refractivity contribution in [1.29, 1.82) is 0 Å². The lowest BCUT2D eigenvalue weighted by molar-refractivity contribution is 0.102. The van der Waals surface area contributed by atoms with Crippen LogP contribution < -0.4 is 16.6 Å². The van der Waals surface area contributed by atoms with Crippen molar-refractivity contribution in [3.8, 4) is 0 Å². The first-order chi connectivity index (χ1) is 8.15. The number of nitrogens with zero attached hydrogens (tertiary/aromatic N) is 2. The lowest BCUT2D eigenvalue weighted by atomic mass is 10.3. The quantitative estimate of drug-likeness (QED) is 0.673. The minimum atomic E-state index is -0.437. The predicted molar refractivity (Wildman–Crippen MR) is 61.5 cm³/mol. The molecule has 0 aromatic carbocycles. The van der Waals surface area contributed by atoms with Crippen LogP contribution in [-0.2, 0) is 0 Å². The minimum absolute atomic E-state index is 0.112. The number of hydrogen-bond acceptors (Lipinski definition) is 5. The molecular formula is C10H9N5O2. The van der Waals surface area contributed by atoms with E-state index in [0.29, 0.717) is 11.5 Å². The molecule has 0 unspecified atom stereocenters. The van der Waals surface area contributed by atoms with Gasteiger partial charge in [-0.3, -0.25) is 9.59 Å². The zero-order valence-electron chi connectivity index (χ0n) is 8.68. The topological polar surface area (TPSA) is 114 Å². The van der Waals surface area contributed by atoms with Crippen LogP contribution in [0.4, 0.5) is 11.5 Å². The third kappa shape index (κ3) is 2.65. The number of hydrogen-bond donors (Lipinski definition) is 3. The molecular weight excluding hydrogens is 222 g/mol. The minimum Gasteiger partial charge on any atom is -0.384 e. The molecule has 0 spiro atoms. The van der Waals surface area contributed by atoms with Gasteiger partial charge in [0, 0.05) is 6.07 Å². The monoisotopic (exact) mass is 231 g/mol. The second-order valence-electron chi connectivity index (χ2n) is 3.23. The number of pyridine rings is 1. The number of carbonyl (C=O) groups is 1. The summed E-state index contributed by atoms with van der Waals surface area (Å²) in [5.74, 6) is -0.0713. The summed E-state index contributed by atoms with van der Waals surface area (Å²) in [5, 5.41) is 8.33. The summed E-state index contributed by atoms with van der Waals surface area (Å²) in [6.07, 6.45) is 1.43. The molecule has 0 aliphatic heterocycles. The fourth-order valence-electron chi connectivity index (χ4n) is 1.15. The van der Waals surface area contributed by atoms with E-state index in [0.717, 1.165) is 0 Å². The fraction of sp³-hybridized carbons (Fsp3) is 0. The second kappa shape index (κ2) is 4.44. The molecule has 2 aromatic rings. The van der Waals surface area contributed by atoms with Crippen molar-refractivity contribution < 1.29 is 4.79 Å². The summed E-state index contributed by atoms with van der Waals surface area (Å²) < 4.78 is 0. The summed E-state index contributed by atoms with van der Waals surface area (Å²) in [7, 11) is 0. The summed E-state index contributed by atoms with van der Waals surface area (Å²) in [4.78, 5) is 26.2. The lowest BCUT2D eigenvalue weighted by Gasteiger charge is -2.03. The summed E-state index contributed by atoms with van der Waals surface area (Å²) >= 11 is 0. The Bertz CT molecular complexity index is 570.